The van der Waals surface area contributed by atoms with E-state index in [1.54, 1.807) is 0 Å². The highest BCUT2D eigenvalue weighted by atomic mass is 16.2. The van der Waals surface area contributed by atoms with Crippen LogP contribution in [-0.2, 0) is 9.59 Å². The van der Waals surface area contributed by atoms with Crippen LogP contribution in [0, 0.1) is 6.92 Å². The number of hydrogen-bond donors (Lipinski definition) is 0. The van der Waals surface area contributed by atoms with E-state index in [4.69, 9.17) is 0 Å². The molecule has 0 bridgehead atoms. The first kappa shape index (κ1) is 19.6. The van der Waals surface area contributed by atoms with Crippen molar-refractivity contribution in [3.63, 3.8) is 0 Å². The summed E-state index contributed by atoms with van der Waals surface area (Å²) in [7, 11) is 0. The summed E-state index contributed by atoms with van der Waals surface area (Å²) in [5.74, 6) is -0.177. The molecule has 5 nitrogen and oxygen atoms in total. The van der Waals surface area contributed by atoms with E-state index in [1.807, 2.05) is 49.4 Å². The van der Waals surface area contributed by atoms with Gasteiger partial charge in [0, 0.05) is 32.7 Å². The van der Waals surface area contributed by atoms with E-state index in [-0.39, 0.29) is 24.3 Å². The molecule has 4 rings (SSSR count). The molecular weight excluding hydrogens is 362 g/mol. The Morgan fingerprint density at radius 1 is 0.931 bits per heavy atom. The lowest BCUT2D eigenvalue weighted by Crippen LogP contribution is -2.52. The molecule has 2 aromatic rings. The van der Waals surface area contributed by atoms with Crippen molar-refractivity contribution in [2.75, 3.05) is 37.6 Å². The molecule has 5 heteroatoms. The number of rotatable bonds is 5. The number of para-hydroxylation sites is 1. The van der Waals surface area contributed by atoms with Gasteiger partial charge in [-0.2, -0.15) is 0 Å². The van der Waals surface area contributed by atoms with Crippen LogP contribution in [0.4, 0.5) is 5.69 Å². The molecule has 2 aliphatic rings. The molecule has 0 saturated carbocycles. The summed E-state index contributed by atoms with van der Waals surface area (Å²) in [5.41, 5.74) is 2.87. The van der Waals surface area contributed by atoms with Crippen LogP contribution >= 0.6 is 0 Å². The van der Waals surface area contributed by atoms with Crippen LogP contribution in [0.1, 0.15) is 17.5 Å². The smallest absolute Gasteiger partial charge is 0.251 e. The van der Waals surface area contributed by atoms with Crippen molar-refractivity contribution < 1.29 is 9.59 Å². The van der Waals surface area contributed by atoms with Gasteiger partial charge < -0.3 is 0 Å². The van der Waals surface area contributed by atoms with Crippen molar-refractivity contribution in [3.05, 3.63) is 71.8 Å². The molecule has 1 atom stereocenters. The molecule has 0 radical (unpaired) electrons. The maximum absolute atomic E-state index is 13.0. The Morgan fingerprint density at radius 3 is 2.34 bits per heavy atom. The minimum Gasteiger partial charge on any atom is -0.297 e. The quantitative estimate of drug-likeness (QED) is 0.738. The van der Waals surface area contributed by atoms with Crippen molar-refractivity contribution in [1.29, 1.82) is 0 Å². The fourth-order valence-corrected chi connectivity index (χ4v) is 4.13. The molecule has 0 unspecified atom stereocenters. The highest BCUT2D eigenvalue weighted by Gasteiger charge is 2.43. The molecule has 0 spiro atoms. The Hall–Kier alpha value is -2.76. The normalized spacial score (nSPS) is 21.4. The van der Waals surface area contributed by atoms with E-state index in [0.29, 0.717) is 0 Å². The summed E-state index contributed by atoms with van der Waals surface area (Å²) in [6, 6.07) is 17.5. The van der Waals surface area contributed by atoms with Crippen molar-refractivity contribution in [2.24, 2.45) is 0 Å². The first-order chi connectivity index (χ1) is 14.1. The van der Waals surface area contributed by atoms with Crippen LogP contribution in [0.5, 0.6) is 0 Å². The number of carbonyl (C=O) groups excluding carboxylic acids is 2. The molecule has 0 N–H and O–H groups in total. The second-order valence-electron chi connectivity index (χ2n) is 7.72. The second-order valence-corrected chi connectivity index (χ2v) is 7.72. The summed E-state index contributed by atoms with van der Waals surface area (Å²) >= 11 is 0. The Morgan fingerprint density at radius 2 is 1.62 bits per heavy atom. The molecule has 2 aromatic carbocycles. The molecule has 2 fully saturated rings. The summed E-state index contributed by atoms with van der Waals surface area (Å²) < 4.78 is 0. The average Bonchev–Trinajstić information content (AvgIpc) is 3.04. The molecule has 0 aliphatic carbocycles. The van der Waals surface area contributed by atoms with Gasteiger partial charge in [-0.1, -0.05) is 60.7 Å². The van der Waals surface area contributed by atoms with Gasteiger partial charge in [-0.25, -0.2) is 4.90 Å². The standard InChI is InChI=1S/C24H27N3O2/c1-19-8-5-6-12-21(19)27-23(28)18-22(24(27)29)26-16-14-25(15-17-26)13-7-11-20-9-3-2-4-10-20/h2-12,22H,13-18H2,1H3/b11-7+/t22-/m0/s1. The minimum absolute atomic E-state index is 0.0817. The molecule has 2 saturated heterocycles. The lowest BCUT2D eigenvalue weighted by molar-refractivity contribution is -0.123. The first-order valence-electron chi connectivity index (χ1n) is 10.2. The Labute approximate surface area is 172 Å². The Bertz CT molecular complexity index is 901. The number of amides is 2. The molecule has 2 aliphatic heterocycles. The monoisotopic (exact) mass is 389 g/mol. The zero-order valence-corrected chi connectivity index (χ0v) is 16.8. The van der Waals surface area contributed by atoms with Crippen LogP contribution in [0.2, 0.25) is 0 Å². The molecular formula is C24H27N3O2. The second kappa shape index (κ2) is 8.72. The van der Waals surface area contributed by atoms with E-state index in [2.05, 4.69) is 34.1 Å². The number of hydrogen-bond acceptors (Lipinski definition) is 4. The van der Waals surface area contributed by atoms with Gasteiger partial charge in [0.2, 0.25) is 5.91 Å². The van der Waals surface area contributed by atoms with Crippen molar-refractivity contribution in [3.8, 4) is 0 Å². The maximum atomic E-state index is 13.0. The fraction of sp³-hybridized carbons (Fsp3) is 0.333. The average molecular weight is 389 g/mol. The highest BCUT2D eigenvalue weighted by molar-refractivity contribution is 6.22. The van der Waals surface area contributed by atoms with Crippen LogP contribution in [0.15, 0.2) is 60.7 Å². The summed E-state index contributed by atoms with van der Waals surface area (Å²) in [6.07, 6.45) is 4.61. The molecule has 0 aromatic heterocycles. The summed E-state index contributed by atoms with van der Waals surface area (Å²) in [5, 5.41) is 0. The largest absolute Gasteiger partial charge is 0.297 e. The van der Waals surface area contributed by atoms with E-state index >= 15 is 0 Å². The minimum atomic E-state index is -0.330. The zero-order valence-electron chi connectivity index (χ0n) is 16.8. The van der Waals surface area contributed by atoms with Gasteiger partial charge in [0.25, 0.3) is 5.91 Å². The summed E-state index contributed by atoms with van der Waals surface area (Å²) in [4.78, 5) is 31.6. The van der Waals surface area contributed by atoms with Gasteiger partial charge in [0.15, 0.2) is 0 Å². The van der Waals surface area contributed by atoms with Gasteiger partial charge in [-0.05, 0) is 24.1 Å². The van der Waals surface area contributed by atoms with Gasteiger partial charge >= 0.3 is 0 Å². The van der Waals surface area contributed by atoms with E-state index in [0.717, 1.165) is 44.0 Å². The molecule has 150 valence electrons. The fourth-order valence-electron chi connectivity index (χ4n) is 4.13. The zero-order chi connectivity index (χ0) is 20.2. The van der Waals surface area contributed by atoms with Gasteiger partial charge in [-0.15, -0.1) is 0 Å². The van der Waals surface area contributed by atoms with Gasteiger partial charge in [0.05, 0.1) is 18.2 Å². The third-order valence-electron chi connectivity index (χ3n) is 5.80. The Kier molecular flexibility index (Phi) is 5.88. The predicted octanol–water partition coefficient (Wildman–Crippen LogP) is 2.96. The lowest BCUT2D eigenvalue weighted by Gasteiger charge is -2.36. The van der Waals surface area contributed by atoms with E-state index in [9.17, 15) is 9.59 Å². The molecule has 29 heavy (non-hydrogen) atoms. The topological polar surface area (TPSA) is 43.9 Å². The van der Waals surface area contributed by atoms with Crippen LogP contribution in [0.3, 0.4) is 0 Å². The Balaban J connectivity index is 1.33. The number of carbonyl (C=O) groups is 2. The van der Waals surface area contributed by atoms with Gasteiger partial charge in [0.1, 0.15) is 0 Å². The number of anilines is 1. The van der Waals surface area contributed by atoms with Crippen molar-refractivity contribution in [1.82, 2.24) is 9.80 Å². The maximum Gasteiger partial charge on any atom is 0.251 e. The first-order valence-corrected chi connectivity index (χ1v) is 10.2. The highest BCUT2D eigenvalue weighted by Crippen LogP contribution is 2.28. The van der Waals surface area contributed by atoms with E-state index in [1.165, 1.54) is 10.5 Å². The van der Waals surface area contributed by atoms with E-state index < -0.39 is 0 Å². The number of benzene rings is 2. The third kappa shape index (κ3) is 4.31. The lowest BCUT2D eigenvalue weighted by atomic mass is 10.1. The molecule has 2 heterocycles. The number of imide groups is 1. The van der Waals surface area contributed by atoms with Crippen LogP contribution < -0.4 is 4.90 Å². The van der Waals surface area contributed by atoms with Crippen LogP contribution in [-0.4, -0.2) is 60.4 Å². The number of nitrogens with zero attached hydrogens (tertiary/aromatic N) is 3. The van der Waals surface area contributed by atoms with Crippen molar-refractivity contribution in [2.45, 2.75) is 19.4 Å². The predicted molar refractivity (Wildman–Crippen MR) is 116 cm³/mol. The number of aryl methyl sites for hydroxylation is 1. The van der Waals surface area contributed by atoms with Crippen molar-refractivity contribution >= 4 is 23.6 Å². The van der Waals surface area contributed by atoms with Gasteiger partial charge in [-0.3, -0.25) is 19.4 Å². The SMILES string of the molecule is Cc1ccccc1N1C(=O)C[C@H](N2CCN(C/C=C/c3ccccc3)CC2)C1=O. The molecule has 2 amide bonds. The summed E-state index contributed by atoms with van der Waals surface area (Å²) in [6.45, 7) is 6.26. The third-order valence-corrected chi connectivity index (χ3v) is 5.80. The van der Waals surface area contributed by atoms with Crippen LogP contribution in [0.25, 0.3) is 6.08 Å². The number of piperazine rings is 1.